The first-order valence-electron chi connectivity index (χ1n) is 7.62. The second kappa shape index (κ2) is 6.43. The van der Waals surface area contributed by atoms with E-state index >= 15 is 0 Å². The number of methoxy groups -OCH3 is 1. The standard InChI is InChI=1S/C18H22N2O2S/c1-18(2,13-8-5-4-6-9-13)12-20-17(19)16-14(21-3)10-7-11-15(16)22-23-20/h4-11,17H,12,19H2,1-3H3. The molecule has 1 heterocycles. The SMILES string of the molecule is COc1cccc2c1C(N)N(CC(C)(C)c1ccccc1)SO2. The van der Waals surface area contributed by atoms with Gasteiger partial charge in [0.1, 0.15) is 29.9 Å². The molecule has 0 spiro atoms. The van der Waals surface area contributed by atoms with E-state index in [0.29, 0.717) is 0 Å². The molecule has 1 unspecified atom stereocenters. The summed E-state index contributed by atoms with van der Waals surface area (Å²) in [6, 6.07) is 16.2. The van der Waals surface area contributed by atoms with E-state index in [9.17, 15) is 0 Å². The third kappa shape index (κ3) is 3.17. The van der Waals surface area contributed by atoms with E-state index in [-0.39, 0.29) is 11.6 Å². The predicted molar refractivity (Wildman–Crippen MR) is 94.3 cm³/mol. The molecule has 0 saturated heterocycles. The van der Waals surface area contributed by atoms with Crippen molar-refractivity contribution in [3.8, 4) is 11.5 Å². The minimum atomic E-state index is -0.275. The molecule has 23 heavy (non-hydrogen) atoms. The average molecular weight is 330 g/mol. The lowest BCUT2D eigenvalue weighted by molar-refractivity contribution is 0.265. The molecular formula is C18H22N2O2S. The molecule has 0 aliphatic carbocycles. The molecule has 0 aromatic heterocycles. The smallest absolute Gasteiger partial charge is 0.149 e. The summed E-state index contributed by atoms with van der Waals surface area (Å²) in [7, 11) is 1.66. The fourth-order valence-electron chi connectivity index (χ4n) is 2.84. The largest absolute Gasteiger partial charge is 0.496 e. The first-order chi connectivity index (χ1) is 11.0. The van der Waals surface area contributed by atoms with Crippen molar-refractivity contribution in [1.82, 2.24) is 4.31 Å². The van der Waals surface area contributed by atoms with E-state index in [1.165, 1.54) is 17.8 Å². The number of benzene rings is 2. The van der Waals surface area contributed by atoms with Crippen molar-refractivity contribution in [2.24, 2.45) is 5.73 Å². The number of hydrogen-bond acceptors (Lipinski definition) is 5. The minimum absolute atomic E-state index is 0.0469. The molecule has 2 N–H and O–H groups in total. The van der Waals surface area contributed by atoms with Crippen molar-refractivity contribution in [2.45, 2.75) is 25.4 Å². The fraction of sp³-hybridized carbons (Fsp3) is 0.333. The zero-order valence-corrected chi connectivity index (χ0v) is 14.5. The Bertz CT molecular complexity index is 662. The van der Waals surface area contributed by atoms with Crippen LogP contribution in [-0.2, 0) is 5.41 Å². The van der Waals surface area contributed by atoms with Gasteiger partial charge in [0.15, 0.2) is 0 Å². The van der Waals surface area contributed by atoms with Crippen LogP contribution in [0.1, 0.15) is 31.1 Å². The van der Waals surface area contributed by atoms with Crippen LogP contribution in [0.4, 0.5) is 0 Å². The van der Waals surface area contributed by atoms with Gasteiger partial charge in [0, 0.05) is 12.0 Å². The molecule has 1 atom stereocenters. The Labute approximate surface area is 141 Å². The lowest BCUT2D eigenvalue weighted by Gasteiger charge is -2.38. The third-order valence-corrected chi connectivity index (χ3v) is 4.98. The summed E-state index contributed by atoms with van der Waals surface area (Å²) in [6.45, 7) is 5.20. The molecule has 122 valence electrons. The Morgan fingerprint density at radius 2 is 1.91 bits per heavy atom. The van der Waals surface area contributed by atoms with Crippen LogP contribution in [0.2, 0.25) is 0 Å². The van der Waals surface area contributed by atoms with Crippen molar-refractivity contribution < 1.29 is 8.92 Å². The quantitative estimate of drug-likeness (QED) is 0.681. The Hall–Kier alpha value is -1.69. The molecule has 0 bridgehead atoms. The Morgan fingerprint density at radius 1 is 1.17 bits per heavy atom. The molecule has 5 heteroatoms. The van der Waals surface area contributed by atoms with E-state index in [1.807, 2.05) is 24.3 Å². The second-order valence-electron chi connectivity index (χ2n) is 6.30. The Balaban J connectivity index is 1.85. The van der Waals surface area contributed by atoms with Gasteiger partial charge in [-0.25, -0.2) is 0 Å². The molecule has 0 amide bonds. The number of nitrogens with two attached hydrogens (primary N) is 1. The molecule has 0 fully saturated rings. The maximum absolute atomic E-state index is 6.50. The molecule has 2 aromatic carbocycles. The maximum Gasteiger partial charge on any atom is 0.149 e. The highest BCUT2D eigenvalue weighted by molar-refractivity contribution is 7.92. The monoisotopic (exact) mass is 330 g/mol. The summed E-state index contributed by atoms with van der Waals surface area (Å²) < 4.78 is 13.3. The van der Waals surface area contributed by atoms with Gasteiger partial charge in [-0.05, 0) is 17.7 Å². The summed E-state index contributed by atoms with van der Waals surface area (Å²) in [4.78, 5) is 0. The molecule has 0 saturated carbocycles. The molecule has 1 aliphatic heterocycles. The predicted octanol–water partition coefficient (Wildman–Crippen LogP) is 3.89. The zero-order chi connectivity index (χ0) is 16.4. The topological polar surface area (TPSA) is 47.7 Å². The molecule has 4 nitrogen and oxygen atoms in total. The van der Waals surface area contributed by atoms with E-state index in [2.05, 4.69) is 42.4 Å². The third-order valence-electron chi connectivity index (χ3n) is 4.18. The highest BCUT2D eigenvalue weighted by Crippen LogP contribution is 2.44. The molecular weight excluding hydrogens is 308 g/mol. The molecule has 0 radical (unpaired) electrons. The number of rotatable bonds is 4. The summed E-state index contributed by atoms with van der Waals surface area (Å²) >= 11 is 1.31. The lowest BCUT2D eigenvalue weighted by Crippen LogP contribution is -2.41. The van der Waals surface area contributed by atoms with Crippen molar-refractivity contribution >= 4 is 12.2 Å². The molecule has 2 aromatic rings. The van der Waals surface area contributed by atoms with Gasteiger partial charge in [-0.2, -0.15) is 4.31 Å². The fourth-order valence-corrected chi connectivity index (χ4v) is 3.73. The van der Waals surface area contributed by atoms with Gasteiger partial charge in [0.2, 0.25) is 0 Å². The van der Waals surface area contributed by atoms with E-state index < -0.39 is 0 Å². The van der Waals surface area contributed by atoms with Crippen LogP contribution in [0.25, 0.3) is 0 Å². The van der Waals surface area contributed by atoms with E-state index in [1.54, 1.807) is 7.11 Å². The highest BCUT2D eigenvalue weighted by atomic mass is 32.2. The summed E-state index contributed by atoms with van der Waals surface area (Å²) in [6.07, 6.45) is -0.275. The van der Waals surface area contributed by atoms with E-state index in [0.717, 1.165) is 23.6 Å². The van der Waals surface area contributed by atoms with Gasteiger partial charge >= 0.3 is 0 Å². The van der Waals surface area contributed by atoms with Crippen molar-refractivity contribution in [2.75, 3.05) is 13.7 Å². The van der Waals surface area contributed by atoms with Gasteiger partial charge in [0.05, 0.1) is 12.7 Å². The number of hydrogen-bond donors (Lipinski definition) is 1. The summed E-state index contributed by atoms with van der Waals surface area (Å²) in [5.41, 5.74) is 8.63. The maximum atomic E-state index is 6.50. The van der Waals surface area contributed by atoms with Crippen LogP contribution in [-0.4, -0.2) is 18.0 Å². The van der Waals surface area contributed by atoms with Crippen molar-refractivity contribution in [1.29, 1.82) is 0 Å². The summed E-state index contributed by atoms with van der Waals surface area (Å²) in [5.74, 6) is 1.54. The van der Waals surface area contributed by atoms with Gasteiger partial charge in [-0.15, -0.1) is 0 Å². The number of nitrogens with zero attached hydrogens (tertiary/aromatic N) is 1. The lowest BCUT2D eigenvalue weighted by atomic mass is 9.84. The molecule has 3 rings (SSSR count). The van der Waals surface area contributed by atoms with Gasteiger partial charge < -0.3 is 14.7 Å². The van der Waals surface area contributed by atoms with Crippen LogP contribution >= 0.6 is 12.2 Å². The number of ether oxygens (including phenoxy) is 1. The Morgan fingerprint density at radius 3 is 2.61 bits per heavy atom. The van der Waals surface area contributed by atoms with E-state index in [4.69, 9.17) is 14.7 Å². The van der Waals surface area contributed by atoms with Crippen molar-refractivity contribution in [3.05, 3.63) is 59.7 Å². The van der Waals surface area contributed by atoms with Gasteiger partial charge in [-0.3, -0.25) is 0 Å². The first kappa shape index (κ1) is 16.2. The highest BCUT2D eigenvalue weighted by Gasteiger charge is 2.34. The van der Waals surface area contributed by atoms with Crippen LogP contribution in [0.15, 0.2) is 48.5 Å². The zero-order valence-electron chi connectivity index (χ0n) is 13.7. The van der Waals surface area contributed by atoms with Crippen LogP contribution < -0.4 is 14.7 Å². The van der Waals surface area contributed by atoms with Gasteiger partial charge in [-0.1, -0.05) is 50.2 Å². The minimum Gasteiger partial charge on any atom is -0.496 e. The molecule has 1 aliphatic rings. The van der Waals surface area contributed by atoms with Crippen LogP contribution in [0.3, 0.4) is 0 Å². The first-order valence-corrected chi connectivity index (χ1v) is 8.32. The second-order valence-corrected chi connectivity index (χ2v) is 7.08. The normalized spacial score (nSPS) is 18.2. The van der Waals surface area contributed by atoms with Crippen LogP contribution in [0.5, 0.6) is 11.5 Å². The number of fused-ring (bicyclic) bond motifs is 1. The summed E-state index contributed by atoms with van der Waals surface area (Å²) in [5, 5.41) is 0. The average Bonchev–Trinajstić information content (AvgIpc) is 2.57. The Kier molecular flexibility index (Phi) is 4.53. The van der Waals surface area contributed by atoms with Gasteiger partial charge in [0.25, 0.3) is 0 Å². The van der Waals surface area contributed by atoms with Crippen molar-refractivity contribution in [3.63, 3.8) is 0 Å². The van der Waals surface area contributed by atoms with Crippen LogP contribution in [0, 0.1) is 0 Å².